The quantitative estimate of drug-likeness (QED) is 0.758. The van der Waals surface area contributed by atoms with Gasteiger partial charge in [-0.2, -0.15) is 0 Å². The number of nitrogens with one attached hydrogen (secondary N) is 1. The maximum atomic E-state index is 5.67. The average Bonchev–Trinajstić information content (AvgIpc) is 2.70. The van der Waals surface area contributed by atoms with Crippen molar-refractivity contribution in [3.63, 3.8) is 0 Å². The average molecular weight is 203 g/mol. The van der Waals surface area contributed by atoms with Gasteiger partial charge in [0, 0.05) is 17.5 Å². The van der Waals surface area contributed by atoms with Gasteiger partial charge in [-0.3, -0.25) is 0 Å². The first-order valence-corrected chi connectivity index (χ1v) is 5.36. The molecule has 1 aromatic carbocycles. The summed E-state index contributed by atoms with van der Waals surface area (Å²) in [6.45, 7) is 4.57. The van der Waals surface area contributed by atoms with Crippen molar-refractivity contribution < 1.29 is 4.74 Å². The summed E-state index contributed by atoms with van der Waals surface area (Å²) in [6.07, 6.45) is 2.93. The van der Waals surface area contributed by atoms with Crippen LogP contribution in [0.25, 0.3) is 0 Å². The predicted octanol–water partition coefficient (Wildman–Crippen LogP) is 2.33. The fraction of sp³-hybridized carbons (Fsp3) is 0.385. The van der Waals surface area contributed by atoms with Crippen molar-refractivity contribution in [3.05, 3.63) is 42.5 Å². The van der Waals surface area contributed by atoms with Gasteiger partial charge in [0.25, 0.3) is 0 Å². The van der Waals surface area contributed by atoms with E-state index in [4.69, 9.17) is 4.74 Å². The van der Waals surface area contributed by atoms with Gasteiger partial charge in [-0.05, 0) is 19.5 Å². The van der Waals surface area contributed by atoms with Crippen molar-refractivity contribution >= 4 is 0 Å². The number of likely N-dealkylation sites (N-methyl/N-ethyl adjacent to an activating group) is 1. The zero-order valence-electron chi connectivity index (χ0n) is 9.07. The number of rotatable bonds is 4. The Labute approximate surface area is 91.0 Å². The second-order valence-electron chi connectivity index (χ2n) is 3.87. The predicted molar refractivity (Wildman–Crippen MR) is 62.3 cm³/mol. The first-order valence-electron chi connectivity index (χ1n) is 5.36. The lowest BCUT2D eigenvalue weighted by molar-refractivity contribution is 0.303. The van der Waals surface area contributed by atoms with Crippen LogP contribution in [-0.2, 0) is 0 Å². The van der Waals surface area contributed by atoms with Gasteiger partial charge >= 0.3 is 0 Å². The summed E-state index contributed by atoms with van der Waals surface area (Å²) >= 11 is 0. The Kier molecular flexibility index (Phi) is 3.07. The summed E-state index contributed by atoms with van der Waals surface area (Å²) in [5.74, 6) is 1.48. The molecule has 0 aliphatic carbocycles. The molecule has 0 radical (unpaired) electrons. The van der Waals surface area contributed by atoms with E-state index in [2.05, 4.69) is 24.0 Å². The van der Waals surface area contributed by atoms with Crippen LogP contribution in [0.5, 0.6) is 5.75 Å². The van der Waals surface area contributed by atoms with E-state index in [1.807, 2.05) is 25.3 Å². The molecular weight excluding hydrogens is 186 g/mol. The van der Waals surface area contributed by atoms with Gasteiger partial charge < -0.3 is 10.1 Å². The number of fused-ring (bicyclic) bond motifs is 1. The third kappa shape index (κ3) is 1.90. The van der Waals surface area contributed by atoms with Crippen LogP contribution in [0.2, 0.25) is 0 Å². The van der Waals surface area contributed by atoms with Gasteiger partial charge in [-0.1, -0.05) is 24.3 Å². The Morgan fingerprint density at radius 2 is 2.40 bits per heavy atom. The zero-order chi connectivity index (χ0) is 10.7. The Bertz CT molecular complexity index is 348. The van der Waals surface area contributed by atoms with Crippen molar-refractivity contribution in [2.45, 2.75) is 18.4 Å². The standard InChI is InChI=1S/C13H17NO/c1-3-6-12(14-2)11-9-15-13-8-5-4-7-10(11)13/h3-5,7-8,11-12,14H,1,6,9H2,2H3. The Morgan fingerprint density at radius 1 is 1.60 bits per heavy atom. The van der Waals surface area contributed by atoms with Gasteiger partial charge in [0.15, 0.2) is 0 Å². The third-order valence-electron chi connectivity index (χ3n) is 3.01. The molecule has 2 rings (SSSR count). The van der Waals surface area contributed by atoms with E-state index in [1.165, 1.54) is 5.56 Å². The molecule has 0 saturated carbocycles. The number of hydrogen-bond donors (Lipinski definition) is 1. The third-order valence-corrected chi connectivity index (χ3v) is 3.01. The number of ether oxygens (including phenoxy) is 1. The molecule has 0 spiro atoms. The monoisotopic (exact) mass is 203 g/mol. The molecule has 1 aromatic rings. The highest BCUT2D eigenvalue weighted by Crippen LogP contribution is 2.36. The summed E-state index contributed by atoms with van der Waals surface area (Å²) < 4.78 is 5.67. The van der Waals surface area contributed by atoms with Gasteiger partial charge in [0.1, 0.15) is 5.75 Å². The Morgan fingerprint density at radius 3 is 3.13 bits per heavy atom. The molecule has 1 N–H and O–H groups in total. The summed E-state index contributed by atoms with van der Waals surface area (Å²) in [5, 5.41) is 3.33. The highest BCUT2D eigenvalue weighted by Gasteiger charge is 2.29. The highest BCUT2D eigenvalue weighted by molar-refractivity contribution is 5.40. The van der Waals surface area contributed by atoms with Gasteiger partial charge in [0.05, 0.1) is 6.61 Å². The fourth-order valence-corrected chi connectivity index (χ4v) is 2.18. The molecule has 0 fully saturated rings. The van der Waals surface area contributed by atoms with Gasteiger partial charge in [-0.25, -0.2) is 0 Å². The van der Waals surface area contributed by atoms with Gasteiger partial charge in [-0.15, -0.1) is 6.58 Å². The molecule has 0 bridgehead atoms. The zero-order valence-corrected chi connectivity index (χ0v) is 9.07. The Hall–Kier alpha value is -1.28. The van der Waals surface area contributed by atoms with Crippen LogP contribution in [0, 0.1) is 0 Å². The van der Waals surface area contributed by atoms with Crippen LogP contribution < -0.4 is 10.1 Å². The first kappa shape index (κ1) is 10.2. The molecule has 0 aromatic heterocycles. The summed E-state index contributed by atoms with van der Waals surface area (Å²) in [6, 6.07) is 8.70. The van der Waals surface area contributed by atoms with Crippen LogP contribution in [-0.4, -0.2) is 19.7 Å². The number of benzene rings is 1. The Balaban J connectivity index is 2.21. The number of hydrogen-bond acceptors (Lipinski definition) is 2. The molecule has 15 heavy (non-hydrogen) atoms. The van der Waals surface area contributed by atoms with Crippen molar-refractivity contribution in [2.24, 2.45) is 0 Å². The van der Waals surface area contributed by atoms with E-state index in [0.29, 0.717) is 12.0 Å². The minimum absolute atomic E-state index is 0.422. The van der Waals surface area contributed by atoms with E-state index in [-0.39, 0.29) is 0 Å². The first-order chi connectivity index (χ1) is 7.36. The summed E-state index contributed by atoms with van der Waals surface area (Å²) in [5.41, 5.74) is 1.32. The topological polar surface area (TPSA) is 21.3 Å². The molecule has 2 heteroatoms. The second kappa shape index (κ2) is 4.49. The molecule has 1 aliphatic heterocycles. The SMILES string of the molecule is C=CCC(NC)C1COc2ccccc21. The van der Waals surface area contributed by atoms with E-state index in [1.54, 1.807) is 0 Å². The van der Waals surface area contributed by atoms with Crippen LogP contribution in [0.1, 0.15) is 17.9 Å². The molecule has 2 unspecified atom stereocenters. The van der Waals surface area contributed by atoms with Crippen LogP contribution >= 0.6 is 0 Å². The van der Waals surface area contributed by atoms with Crippen molar-refractivity contribution in [2.75, 3.05) is 13.7 Å². The fourth-order valence-electron chi connectivity index (χ4n) is 2.18. The summed E-state index contributed by atoms with van der Waals surface area (Å²) in [4.78, 5) is 0. The van der Waals surface area contributed by atoms with Crippen molar-refractivity contribution in [1.29, 1.82) is 0 Å². The van der Waals surface area contributed by atoms with Crippen molar-refractivity contribution in [3.8, 4) is 5.75 Å². The van der Waals surface area contributed by atoms with Crippen molar-refractivity contribution in [1.82, 2.24) is 5.32 Å². The lowest BCUT2D eigenvalue weighted by Gasteiger charge is -2.20. The van der Waals surface area contributed by atoms with E-state index in [0.717, 1.165) is 18.8 Å². The van der Waals surface area contributed by atoms with Gasteiger partial charge in [0.2, 0.25) is 0 Å². The lowest BCUT2D eigenvalue weighted by atomic mass is 9.91. The van der Waals surface area contributed by atoms with Crippen LogP contribution in [0.15, 0.2) is 36.9 Å². The molecule has 0 saturated heterocycles. The molecule has 0 amide bonds. The number of para-hydroxylation sites is 1. The maximum absolute atomic E-state index is 5.67. The molecule has 80 valence electrons. The van der Waals surface area contributed by atoms with E-state index in [9.17, 15) is 0 Å². The van der Waals surface area contributed by atoms with E-state index < -0.39 is 0 Å². The second-order valence-corrected chi connectivity index (χ2v) is 3.87. The lowest BCUT2D eigenvalue weighted by Crippen LogP contribution is -2.32. The largest absolute Gasteiger partial charge is 0.493 e. The molecule has 2 atom stereocenters. The normalized spacial score (nSPS) is 20.5. The van der Waals surface area contributed by atoms with E-state index >= 15 is 0 Å². The van der Waals surface area contributed by atoms with Crippen LogP contribution in [0.4, 0.5) is 0 Å². The molecular formula is C13H17NO. The minimum atomic E-state index is 0.422. The minimum Gasteiger partial charge on any atom is -0.493 e. The maximum Gasteiger partial charge on any atom is 0.122 e. The molecule has 1 aliphatic rings. The van der Waals surface area contributed by atoms with Crippen LogP contribution in [0.3, 0.4) is 0 Å². The highest BCUT2D eigenvalue weighted by atomic mass is 16.5. The summed E-state index contributed by atoms with van der Waals surface area (Å²) in [7, 11) is 2.00. The smallest absolute Gasteiger partial charge is 0.122 e. The molecule has 2 nitrogen and oxygen atoms in total. The molecule has 1 heterocycles.